The Morgan fingerprint density at radius 1 is 0.467 bits per heavy atom. The van der Waals surface area contributed by atoms with E-state index in [4.69, 9.17) is 0 Å². The Morgan fingerprint density at radius 3 is 1.77 bits per heavy atom. The summed E-state index contributed by atoms with van der Waals surface area (Å²) in [5, 5.41) is 5.45. The van der Waals surface area contributed by atoms with E-state index in [0.29, 0.717) is 0 Å². The van der Waals surface area contributed by atoms with Crippen molar-refractivity contribution in [3.05, 3.63) is 197 Å². The molecule has 2 atom stereocenters. The zero-order chi connectivity index (χ0) is 40.7. The summed E-state index contributed by atoms with van der Waals surface area (Å²) in [6.07, 6.45) is 14.7. The zero-order valence-electron chi connectivity index (χ0n) is 35.6. The van der Waals surface area contributed by atoms with Gasteiger partial charge in [0.25, 0.3) is 0 Å². The molecule has 7 aromatic rings. The number of hydrogen-bond donors (Lipinski definition) is 0. The van der Waals surface area contributed by atoms with Crippen molar-refractivity contribution in [3.63, 3.8) is 0 Å². The first-order chi connectivity index (χ1) is 29.0. The smallest absolute Gasteiger partial charge is 0.0206 e. The molecule has 0 saturated carbocycles. The molecule has 290 valence electrons. The van der Waals surface area contributed by atoms with Crippen LogP contribution in [-0.2, 0) is 10.8 Å². The fourth-order valence-electron chi connectivity index (χ4n) is 11.4. The maximum absolute atomic E-state index is 2.65. The van der Waals surface area contributed by atoms with Gasteiger partial charge < -0.3 is 0 Å². The molecule has 0 radical (unpaired) electrons. The minimum absolute atomic E-state index is 0.0751. The zero-order valence-corrected chi connectivity index (χ0v) is 35.6. The van der Waals surface area contributed by atoms with Crippen molar-refractivity contribution in [2.75, 3.05) is 0 Å². The van der Waals surface area contributed by atoms with E-state index in [0.717, 1.165) is 12.8 Å². The number of hydrogen-bond acceptors (Lipinski definition) is 0. The molecule has 0 amide bonds. The lowest BCUT2D eigenvalue weighted by atomic mass is 9.68. The van der Waals surface area contributed by atoms with Crippen molar-refractivity contribution in [2.24, 2.45) is 11.8 Å². The van der Waals surface area contributed by atoms with Crippen LogP contribution in [0.1, 0.15) is 82.2 Å². The maximum atomic E-state index is 2.65. The van der Waals surface area contributed by atoms with Crippen LogP contribution < -0.4 is 0 Å². The van der Waals surface area contributed by atoms with Gasteiger partial charge in [0.05, 0.1) is 0 Å². The topological polar surface area (TPSA) is 0 Å². The van der Waals surface area contributed by atoms with Crippen LogP contribution in [0.25, 0.3) is 82.8 Å². The van der Waals surface area contributed by atoms with Gasteiger partial charge in [-0.15, -0.1) is 0 Å². The maximum Gasteiger partial charge on any atom is 0.0206 e. The highest BCUT2D eigenvalue weighted by atomic mass is 14.5. The van der Waals surface area contributed by atoms with Gasteiger partial charge in [0, 0.05) is 11.8 Å². The Bertz CT molecular complexity index is 3150. The third-order valence-corrected chi connectivity index (χ3v) is 14.4. The molecule has 0 heteroatoms. The molecule has 0 heterocycles. The van der Waals surface area contributed by atoms with Crippen molar-refractivity contribution >= 4 is 38.3 Å². The van der Waals surface area contributed by atoms with Crippen LogP contribution in [0.15, 0.2) is 169 Å². The van der Waals surface area contributed by atoms with Crippen LogP contribution in [0, 0.1) is 11.8 Å². The molecular weight excluding hydrogens is 721 g/mol. The van der Waals surface area contributed by atoms with Crippen LogP contribution in [0.5, 0.6) is 0 Å². The Morgan fingerprint density at radius 2 is 1.08 bits per heavy atom. The molecule has 5 aliphatic carbocycles. The average Bonchev–Trinajstić information content (AvgIpc) is 3.76. The molecule has 0 N–H and O–H groups in total. The number of rotatable bonds is 3. The lowest BCUT2D eigenvalue weighted by Gasteiger charge is -2.35. The predicted molar refractivity (Wildman–Crippen MR) is 257 cm³/mol. The fraction of sp³-hybridized carbons (Fsp3) is 0.200. The van der Waals surface area contributed by atoms with Gasteiger partial charge in [-0.1, -0.05) is 193 Å². The fourth-order valence-corrected chi connectivity index (χ4v) is 11.4. The van der Waals surface area contributed by atoms with Gasteiger partial charge in [0.1, 0.15) is 0 Å². The first kappa shape index (κ1) is 35.7. The van der Waals surface area contributed by atoms with E-state index in [2.05, 4.69) is 199 Å². The lowest BCUT2D eigenvalue weighted by molar-refractivity contribution is 0.568. The van der Waals surface area contributed by atoms with Crippen LogP contribution in [-0.4, -0.2) is 0 Å². The van der Waals surface area contributed by atoms with Crippen LogP contribution in [0.2, 0.25) is 0 Å². The first-order valence-corrected chi connectivity index (χ1v) is 22.1. The summed E-state index contributed by atoms with van der Waals surface area (Å²) in [5.74, 6) is 0.526. The summed E-state index contributed by atoms with van der Waals surface area (Å²) in [4.78, 5) is 0. The molecule has 12 rings (SSSR count). The van der Waals surface area contributed by atoms with Gasteiger partial charge in [-0.25, -0.2) is 0 Å². The van der Waals surface area contributed by atoms with E-state index in [1.165, 1.54) is 122 Å². The molecule has 0 nitrogen and oxygen atoms in total. The van der Waals surface area contributed by atoms with Gasteiger partial charge >= 0.3 is 0 Å². The van der Waals surface area contributed by atoms with Crippen LogP contribution >= 0.6 is 0 Å². The minimum Gasteiger partial charge on any atom is -0.0760 e. The molecule has 7 aromatic carbocycles. The quantitative estimate of drug-likeness (QED) is 0.157. The van der Waals surface area contributed by atoms with Crippen molar-refractivity contribution < 1.29 is 0 Å². The Kier molecular flexibility index (Phi) is 7.52. The molecule has 0 bridgehead atoms. The second-order valence-corrected chi connectivity index (χ2v) is 19.9. The van der Waals surface area contributed by atoms with Crippen molar-refractivity contribution in [1.82, 2.24) is 0 Å². The number of allylic oxidation sites excluding steroid dienone is 10. The van der Waals surface area contributed by atoms with Crippen molar-refractivity contribution in [1.29, 1.82) is 0 Å². The van der Waals surface area contributed by atoms with E-state index >= 15 is 0 Å². The molecule has 0 spiro atoms. The third kappa shape index (κ3) is 5.10. The van der Waals surface area contributed by atoms with E-state index in [9.17, 15) is 0 Å². The van der Waals surface area contributed by atoms with E-state index in [1.807, 2.05) is 0 Å². The summed E-state index contributed by atoms with van der Waals surface area (Å²) in [5.41, 5.74) is 25.4. The van der Waals surface area contributed by atoms with Gasteiger partial charge in [-0.3, -0.25) is 0 Å². The summed E-state index contributed by atoms with van der Waals surface area (Å²) in [6.45, 7) is 14.1. The molecule has 0 aliphatic heterocycles. The van der Waals surface area contributed by atoms with Crippen LogP contribution in [0.3, 0.4) is 0 Å². The SMILES string of the molecule is CC(C)(C)c1cc(C2=CC3=C(C=C4c5c(c(-c6ccccc6)c6cc7c8c(cccc8c6c5-c5ccccc5)-c5ccccc5-7)C5=CC=CC3C54)CC2)cc(C(C)(C)C)c1. The normalized spacial score (nSPS) is 18.5. The highest BCUT2D eigenvalue weighted by molar-refractivity contribution is 6.31. The first-order valence-electron chi connectivity index (χ1n) is 22.1. The Labute approximate surface area is 355 Å². The van der Waals surface area contributed by atoms with Crippen molar-refractivity contribution in [2.45, 2.75) is 65.2 Å². The van der Waals surface area contributed by atoms with Gasteiger partial charge in [-0.2, -0.15) is 0 Å². The standard InChI is InChI=1S/C60H50/c1-59(2,3)40-29-39(30-41(33-40)60(4,5)6)37-27-28-38-32-50-55-45(48(38)31-37)24-16-26-47(55)57-52(35-17-9-7-10-18-35)51-34-49-43-22-14-13-21-42(43)44-23-15-25-46(54(44)49)56(51)53(58(50)57)36-19-11-8-12-20-36/h7-26,29-34,45,55H,27-28H2,1-6H3. The monoisotopic (exact) mass is 770 g/mol. The van der Waals surface area contributed by atoms with Gasteiger partial charge in [0.2, 0.25) is 0 Å². The minimum atomic E-state index is 0.0751. The highest BCUT2D eigenvalue weighted by Gasteiger charge is 2.45. The van der Waals surface area contributed by atoms with E-state index in [-0.39, 0.29) is 22.7 Å². The predicted octanol–water partition coefficient (Wildman–Crippen LogP) is 16.3. The number of fused-ring (bicyclic) bond motifs is 9. The molecule has 0 aromatic heterocycles. The summed E-state index contributed by atoms with van der Waals surface area (Å²) >= 11 is 0. The molecule has 60 heavy (non-hydrogen) atoms. The molecular formula is C60H50. The van der Waals surface area contributed by atoms with E-state index in [1.54, 1.807) is 0 Å². The third-order valence-electron chi connectivity index (χ3n) is 14.4. The summed E-state index contributed by atoms with van der Waals surface area (Å²) in [6, 6.07) is 48.6. The molecule has 0 saturated heterocycles. The second-order valence-electron chi connectivity index (χ2n) is 19.9. The van der Waals surface area contributed by atoms with E-state index < -0.39 is 0 Å². The lowest BCUT2D eigenvalue weighted by Crippen LogP contribution is -2.22. The number of benzene rings is 7. The largest absolute Gasteiger partial charge is 0.0760 e. The molecule has 5 aliphatic rings. The Hall–Kier alpha value is -6.24. The summed E-state index contributed by atoms with van der Waals surface area (Å²) in [7, 11) is 0. The highest BCUT2D eigenvalue weighted by Crippen LogP contribution is 2.64. The van der Waals surface area contributed by atoms with Crippen molar-refractivity contribution in [3.8, 4) is 44.5 Å². The molecule has 0 fully saturated rings. The molecule has 2 unspecified atom stereocenters. The van der Waals surface area contributed by atoms with Gasteiger partial charge in [-0.05, 0) is 151 Å². The van der Waals surface area contributed by atoms with Gasteiger partial charge in [0.15, 0.2) is 0 Å². The Balaban J connectivity index is 1.17. The second kappa shape index (κ2) is 12.6. The summed E-state index contributed by atoms with van der Waals surface area (Å²) < 4.78 is 0. The average molecular weight is 771 g/mol. The van der Waals surface area contributed by atoms with Crippen LogP contribution in [0.4, 0.5) is 0 Å².